The molecule has 9 heteroatoms. The molecular weight excluding hydrogens is 452 g/mol. The van der Waals surface area contributed by atoms with Crippen LogP contribution in [0.25, 0.3) is 6.08 Å². The van der Waals surface area contributed by atoms with E-state index < -0.39 is 11.9 Å². The molecule has 0 spiro atoms. The lowest BCUT2D eigenvalue weighted by atomic mass is 10.1. The third-order valence-electron chi connectivity index (χ3n) is 4.61. The van der Waals surface area contributed by atoms with Gasteiger partial charge in [-0.1, -0.05) is 6.07 Å². The number of nitrogens with zero attached hydrogens (tertiary/aromatic N) is 1. The molecule has 0 saturated heterocycles. The van der Waals surface area contributed by atoms with E-state index >= 15 is 0 Å². The van der Waals surface area contributed by atoms with Crippen molar-refractivity contribution in [1.82, 2.24) is 0 Å². The number of nitriles is 1. The van der Waals surface area contributed by atoms with Gasteiger partial charge in [0.2, 0.25) is 5.76 Å². The lowest BCUT2D eigenvalue weighted by Crippen LogP contribution is -2.13. The van der Waals surface area contributed by atoms with Crippen LogP contribution in [-0.4, -0.2) is 30.2 Å². The average Bonchev–Trinajstić information content (AvgIpc) is 3.33. The van der Waals surface area contributed by atoms with Crippen molar-refractivity contribution in [2.24, 2.45) is 0 Å². The number of anilines is 1. The molecule has 2 N–H and O–H groups in total. The van der Waals surface area contributed by atoms with Gasteiger partial charge >= 0.3 is 5.97 Å². The van der Waals surface area contributed by atoms with Crippen molar-refractivity contribution in [2.45, 2.75) is 20.5 Å². The maximum absolute atomic E-state index is 12.6. The standard InChI is InChI=1S/C26H24N2O7/c1-3-32-20-8-6-19(7-9-20)28-25(29)18(15-27)13-17-5-11-22(24(14-17)33-4-2)34-16-21-10-12-23(35-21)26(30)31/h5-14H,3-4,16H2,1-2H3,(H,28,29)(H,30,31). The summed E-state index contributed by atoms with van der Waals surface area (Å²) in [7, 11) is 0. The smallest absolute Gasteiger partial charge is 0.371 e. The number of furan rings is 1. The first kappa shape index (κ1) is 24.9. The van der Waals surface area contributed by atoms with Gasteiger partial charge in [0.25, 0.3) is 5.91 Å². The summed E-state index contributed by atoms with van der Waals surface area (Å²) in [5, 5.41) is 21.2. The third kappa shape index (κ3) is 6.88. The highest BCUT2D eigenvalue weighted by atomic mass is 16.5. The fraction of sp³-hybridized carbons (Fsp3) is 0.192. The lowest BCUT2D eigenvalue weighted by Gasteiger charge is -2.12. The van der Waals surface area contributed by atoms with E-state index in [2.05, 4.69) is 5.32 Å². The summed E-state index contributed by atoms with van der Waals surface area (Å²) in [5.74, 6) is -0.0794. The lowest BCUT2D eigenvalue weighted by molar-refractivity contribution is -0.112. The molecule has 0 aliphatic rings. The van der Waals surface area contributed by atoms with Gasteiger partial charge in [-0.15, -0.1) is 0 Å². The van der Waals surface area contributed by atoms with Crippen LogP contribution in [0.1, 0.15) is 35.7 Å². The Morgan fingerprint density at radius 2 is 1.74 bits per heavy atom. The molecule has 0 saturated carbocycles. The minimum atomic E-state index is -1.16. The van der Waals surface area contributed by atoms with Crippen LogP contribution in [-0.2, 0) is 11.4 Å². The maximum Gasteiger partial charge on any atom is 0.371 e. The van der Waals surface area contributed by atoms with Crippen molar-refractivity contribution in [2.75, 3.05) is 18.5 Å². The Labute approximate surface area is 202 Å². The Morgan fingerprint density at radius 3 is 2.37 bits per heavy atom. The monoisotopic (exact) mass is 476 g/mol. The fourth-order valence-electron chi connectivity index (χ4n) is 3.04. The van der Waals surface area contributed by atoms with Gasteiger partial charge in [-0.2, -0.15) is 5.26 Å². The minimum absolute atomic E-state index is 0.00349. The number of carbonyl (C=O) groups excluding carboxylic acids is 1. The zero-order valence-electron chi connectivity index (χ0n) is 19.2. The number of ether oxygens (including phenoxy) is 3. The van der Waals surface area contributed by atoms with Crippen LogP contribution in [0.5, 0.6) is 17.2 Å². The molecule has 1 heterocycles. The highest BCUT2D eigenvalue weighted by molar-refractivity contribution is 6.09. The number of nitrogens with one attached hydrogen (secondary N) is 1. The predicted molar refractivity (Wildman–Crippen MR) is 127 cm³/mol. The van der Waals surface area contributed by atoms with Crippen molar-refractivity contribution in [1.29, 1.82) is 5.26 Å². The molecule has 0 radical (unpaired) electrons. The van der Waals surface area contributed by atoms with Crippen molar-refractivity contribution in [3.63, 3.8) is 0 Å². The molecule has 3 rings (SSSR count). The minimum Gasteiger partial charge on any atom is -0.494 e. The summed E-state index contributed by atoms with van der Waals surface area (Å²) < 4.78 is 21.9. The molecule has 1 aromatic heterocycles. The number of rotatable bonds is 11. The fourth-order valence-corrected chi connectivity index (χ4v) is 3.04. The zero-order chi connectivity index (χ0) is 25.2. The van der Waals surface area contributed by atoms with Crippen LogP contribution in [0.15, 0.2) is 64.6 Å². The summed E-state index contributed by atoms with van der Waals surface area (Å²) >= 11 is 0. The van der Waals surface area contributed by atoms with Crippen LogP contribution < -0.4 is 19.5 Å². The average molecular weight is 476 g/mol. The quantitative estimate of drug-likeness (QED) is 0.295. The predicted octanol–water partition coefficient (Wildman–Crippen LogP) is 4.90. The summed E-state index contributed by atoms with van der Waals surface area (Å²) in [6, 6.07) is 16.6. The molecule has 0 bridgehead atoms. The van der Waals surface area contributed by atoms with Crippen LogP contribution in [0.2, 0.25) is 0 Å². The van der Waals surface area contributed by atoms with E-state index in [1.807, 2.05) is 19.9 Å². The summed E-state index contributed by atoms with van der Waals surface area (Å²) in [6.45, 7) is 4.58. The van der Waals surface area contributed by atoms with Crippen LogP contribution >= 0.6 is 0 Å². The second kappa shape index (κ2) is 12.0. The summed E-state index contributed by atoms with van der Waals surface area (Å²) in [6.07, 6.45) is 1.45. The third-order valence-corrected chi connectivity index (χ3v) is 4.61. The van der Waals surface area contributed by atoms with E-state index in [0.717, 1.165) is 0 Å². The Bertz CT molecular complexity index is 1250. The van der Waals surface area contributed by atoms with Gasteiger partial charge in [0, 0.05) is 5.69 Å². The van der Waals surface area contributed by atoms with Crippen molar-refractivity contribution in [3.05, 3.63) is 77.3 Å². The normalized spacial score (nSPS) is 10.8. The molecule has 180 valence electrons. The van der Waals surface area contributed by atoms with Crippen molar-refractivity contribution in [3.8, 4) is 23.3 Å². The molecular formula is C26H24N2O7. The number of carboxylic acids is 1. The molecule has 0 unspecified atom stereocenters. The number of carboxylic acid groups (broad SMARTS) is 1. The van der Waals surface area contributed by atoms with E-state index in [0.29, 0.717) is 47.5 Å². The summed E-state index contributed by atoms with van der Waals surface area (Å²) in [4.78, 5) is 23.6. The SMILES string of the molecule is CCOc1ccc(NC(=O)C(C#N)=Cc2ccc(OCc3ccc(C(=O)O)o3)c(OCC)c2)cc1. The van der Waals surface area contributed by atoms with Gasteiger partial charge in [0.1, 0.15) is 29.8 Å². The van der Waals surface area contributed by atoms with Crippen molar-refractivity contribution >= 4 is 23.6 Å². The van der Waals surface area contributed by atoms with E-state index in [4.69, 9.17) is 23.7 Å². The molecule has 35 heavy (non-hydrogen) atoms. The van der Waals surface area contributed by atoms with E-state index in [1.54, 1.807) is 42.5 Å². The molecule has 2 aromatic carbocycles. The highest BCUT2D eigenvalue weighted by Crippen LogP contribution is 2.30. The molecule has 9 nitrogen and oxygen atoms in total. The first-order chi connectivity index (χ1) is 16.9. The Kier molecular flexibility index (Phi) is 8.51. The molecule has 0 aliphatic heterocycles. The van der Waals surface area contributed by atoms with Gasteiger partial charge in [0.15, 0.2) is 11.5 Å². The Morgan fingerprint density at radius 1 is 1.00 bits per heavy atom. The van der Waals surface area contributed by atoms with Crippen LogP contribution in [0, 0.1) is 11.3 Å². The first-order valence-corrected chi connectivity index (χ1v) is 10.8. The second-order valence-electron chi connectivity index (χ2n) is 7.08. The zero-order valence-corrected chi connectivity index (χ0v) is 19.2. The van der Waals surface area contributed by atoms with Gasteiger partial charge in [-0.05, 0) is 74.0 Å². The topological polar surface area (TPSA) is 131 Å². The van der Waals surface area contributed by atoms with Crippen LogP contribution in [0.3, 0.4) is 0 Å². The van der Waals surface area contributed by atoms with Crippen LogP contribution in [0.4, 0.5) is 5.69 Å². The van der Waals surface area contributed by atoms with E-state index in [-0.39, 0.29) is 17.9 Å². The first-order valence-electron chi connectivity index (χ1n) is 10.8. The molecule has 0 atom stereocenters. The summed E-state index contributed by atoms with van der Waals surface area (Å²) in [5.41, 5.74) is 1.000. The number of hydrogen-bond acceptors (Lipinski definition) is 7. The van der Waals surface area contributed by atoms with Gasteiger partial charge in [-0.3, -0.25) is 4.79 Å². The Hall–Kier alpha value is -4.71. The molecule has 3 aromatic rings. The van der Waals surface area contributed by atoms with Crippen molar-refractivity contribution < 1.29 is 33.3 Å². The molecule has 0 fully saturated rings. The van der Waals surface area contributed by atoms with Gasteiger partial charge < -0.3 is 29.1 Å². The number of amides is 1. The maximum atomic E-state index is 12.6. The number of benzene rings is 2. The van der Waals surface area contributed by atoms with E-state index in [9.17, 15) is 14.9 Å². The largest absolute Gasteiger partial charge is 0.494 e. The van der Waals surface area contributed by atoms with E-state index in [1.165, 1.54) is 18.2 Å². The molecule has 0 aliphatic carbocycles. The Balaban J connectivity index is 1.73. The number of aromatic carboxylic acids is 1. The second-order valence-corrected chi connectivity index (χ2v) is 7.08. The van der Waals surface area contributed by atoms with Gasteiger partial charge in [0.05, 0.1) is 13.2 Å². The highest BCUT2D eigenvalue weighted by Gasteiger charge is 2.13. The molecule has 1 amide bonds. The number of carbonyl (C=O) groups is 2. The number of hydrogen-bond donors (Lipinski definition) is 2. The van der Waals surface area contributed by atoms with Gasteiger partial charge in [-0.25, -0.2) is 4.79 Å².